The Morgan fingerprint density at radius 1 is 1.38 bits per heavy atom. The first kappa shape index (κ1) is 13.1. The molecule has 0 radical (unpaired) electrons. The average Bonchev–Trinajstić information content (AvgIpc) is 2.24. The molecule has 0 saturated carbocycles. The third kappa shape index (κ3) is 4.29. The number of carbonyl (C=O) groups is 1. The number of nitrogens with one attached hydrogen (secondary N) is 2. The van der Waals surface area contributed by atoms with E-state index in [1.807, 2.05) is 0 Å². The first-order chi connectivity index (χ1) is 7.63. The highest BCUT2D eigenvalue weighted by Crippen LogP contribution is 2.25. The van der Waals surface area contributed by atoms with Crippen molar-refractivity contribution in [2.24, 2.45) is 0 Å². The molecule has 0 heterocycles. The molecule has 1 rings (SSSR count). The second-order valence-corrected chi connectivity index (χ2v) is 4.20. The number of carbonyl (C=O) groups excluding carboxylic acids is 1. The zero-order valence-corrected chi connectivity index (χ0v) is 10.5. The summed E-state index contributed by atoms with van der Waals surface area (Å²) in [7, 11) is 0. The van der Waals surface area contributed by atoms with E-state index in [1.54, 1.807) is 18.2 Å². The van der Waals surface area contributed by atoms with E-state index >= 15 is 0 Å². The molecular formula is C11H14Cl2N2O. The van der Waals surface area contributed by atoms with Gasteiger partial charge < -0.3 is 10.6 Å². The molecule has 0 spiro atoms. The summed E-state index contributed by atoms with van der Waals surface area (Å²) in [6.07, 6.45) is 1.99. The Bertz CT molecular complexity index is 369. The molecule has 0 aliphatic rings. The van der Waals surface area contributed by atoms with Gasteiger partial charge in [-0.1, -0.05) is 36.5 Å². The van der Waals surface area contributed by atoms with Gasteiger partial charge in [-0.3, -0.25) is 0 Å². The van der Waals surface area contributed by atoms with Crippen LogP contribution in [0.2, 0.25) is 10.0 Å². The van der Waals surface area contributed by atoms with Crippen LogP contribution < -0.4 is 10.6 Å². The molecule has 0 aliphatic heterocycles. The van der Waals surface area contributed by atoms with Gasteiger partial charge in [-0.25, -0.2) is 4.79 Å². The first-order valence-corrected chi connectivity index (χ1v) is 5.89. The fourth-order valence-corrected chi connectivity index (χ4v) is 1.48. The van der Waals surface area contributed by atoms with E-state index in [1.165, 1.54) is 0 Å². The van der Waals surface area contributed by atoms with Crippen molar-refractivity contribution < 1.29 is 4.79 Å². The molecule has 0 aliphatic carbocycles. The number of urea groups is 1. The van der Waals surface area contributed by atoms with Gasteiger partial charge in [0.25, 0.3) is 0 Å². The van der Waals surface area contributed by atoms with Gasteiger partial charge in [0.1, 0.15) is 0 Å². The first-order valence-electron chi connectivity index (χ1n) is 5.13. The molecule has 0 saturated heterocycles. The largest absolute Gasteiger partial charge is 0.338 e. The zero-order valence-electron chi connectivity index (χ0n) is 9.02. The molecular weight excluding hydrogens is 247 g/mol. The summed E-state index contributed by atoms with van der Waals surface area (Å²) in [4.78, 5) is 11.4. The van der Waals surface area contributed by atoms with Crippen LogP contribution in [0.4, 0.5) is 10.5 Å². The summed E-state index contributed by atoms with van der Waals surface area (Å²) in [6, 6.07) is 4.66. The smallest absolute Gasteiger partial charge is 0.319 e. The van der Waals surface area contributed by atoms with Crippen LogP contribution in [0.1, 0.15) is 19.8 Å². The van der Waals surface area contributed by atoms with Gasteiger partial charge >= 0.3 is 6.03 Å². The highest BCUT2D eigenvalue weighted by Gasteiger charge is 2.05. The van der Waals surface area contributed by atoms with Crippen LogP contribution in [-0.4, -0.2) is 12.6 Å². The van der Waals surface area contributed by atoms with Gasteiger partial charge in [0.15, 0.2) is 0 Å². The molecule has 1 aromatic rings. The lowest BCUT2D eigenvalue weighted by molar-refractivity contribution is 0.252. The summed E-state index contributed by atoms with van der Waals surface area (Å²) >= 11 is 11.7. The molecule has 2 N–H and O–H groups in total. The fourth-order valence-electron chi connectivity index (χ4n) is 1.14. The third-order valence-electron chi connectivity index (χ3n) is 1.99. The van der Waals surface area contributed by atoms with Crippen LogP contribution in [0.5, 0.6) is 0 Å². The molecule has 0 unspecified atom stereocenters. The lowest BCUT2D eigenvalue weighted by atomic mass is 10.3. The van der Waals surface area contributed by atoms with Crippen LogP contribution in [0.3, 0.4) is 0 Å². The fraction of sp³-hybridized carbons (Fsp3) is 0.364. The van der Waals surface area contributed by atoms with Crippen molar-refractivity contribution in [3.8, 4) is 0 Å². The zero-order chi connectivity index (χ0) is 12.0. The van der Waals surface area contributed by atoms with Gasteiger partial charge in [-0.15, -0.1) is 0 Å². The normalized spacial score (nSPS) is 9.94. The minimum Gasteiger partial charge on any atom is -0.338 e. The SMILES string of the molecule is CCCCNC(=O)Nc1cc(Cl)ccc1Cl. The quantitative estimate of drug-likeness (QED) is 0.792. The molecule has 16 heavy (non-hydrogen) atoms. The lowest BCUT2D eigenvalue weighted by Crippen LogP contribution is -2.29. The summed E-state index contributed by atoms with van der Waals surface area (Å²) in [5.41, 5.74) is 0.517. The Hall–Kier alpha value is -0.930. The predicted molar refractivity (Wildman–Crippen MR) is 68.4 cm³/mol. The Labute approximate surface area is 105 Å². The molecule has 3 nitrogen and oxygen atoms in total. The molecule has 5 heteroatoms. The summed E-state index contributed by atoms with van der Waals surface area (Å²) < 4.78 is 0. The van der Waals surface area contributed by atoms with Crippen molar-refractivity contribution in [1.29, 1.82) is 0 Å². The van der Waals surface area contributed by atoms with Crippen molar-refractivity contribution in [3.05, 3.63) is 28.2 Å². The van der Waals surface area contributed by atoms with E-state index in [0.717, 1.165) is 12.8 Å². The molecule has 0 aromatic heterocycles. The minimum atomic E-state index is -0.266. The number of benzene rings is 1. The molecule has 0 bridgehead atoms. The molecule has 2 amide bonds. The standard InChI is InChI=1S/C11H14Cl2N2O/c1-2-3-6-14-11(16)15-10-7-8(12)4-5-9(10)13/h4-5,7H,2-3,6H2,1H3,(H2,14,15,16). The number of anilines is 1. The average molecular weight is 261 g/mol. The van der Waals surface area contributed by atoms with E-state index in [4.69, 9.17) is 23.2 Å². The van der Waals surface area contributed by atoms with Crippen molar-refractivity contribution in [2.75, 3.05) is 11.9 Å². The monoisotopic (exact) mass is 260 g/mol. The molecule has 0 atom stereocenters. The number of unbranched alkanes of at least 4 members (excludes halogenated alkanes) is 1. The highest BCUT2D eigenvalue weighted by atomic mass is 35.5. The Balaban J connectivity index is 2.52. The second-order valence-electron chi connectivity index (χ2n) is 3.36. The number of amides is 2. The predicted octanol–water partition coefficient (Wildman–Crippen LogP) is 3.92. The van der Waals surface area contributed by atoms with Crippen LogP contribution in [-0.2, 0) is 0 Å². The van der Waals surface area contributed by atoms with Crippen molar-refractivity contribution in [3.63, 3.8) is 0 Å². The highest BCUT2D eigenvalue weighted by molar-refractivity contribution is 6.35. The maximum atomic E-state index is 11.4. The van der Waals surface area contributed by atoms with Gasteiger partial charge in [-0.2, -0.15) is 0 Å². The topological polar surface area (TPSA) is 41.1 Å². The van der Waals surface area contributed by atoms with Crippen LogP contribution in [0.15, 0.2) is 18.2 Å². The molecule has 1 aromatic carbocycles. The van der Waals surface area contributed by atoms with E-state index < -0.39 is 0 Å². The van der Waals surface area contributed by atoms with E-state index in [2.05, 4.69) is 17.6 Å². The Kier molecular flexibility index (Phi) is 5.43. The maximum Gasteiger partial charge on any atom is 0.319 e. The number of hydrogen-bond donors (Lipinski definition) is 2. The Morgan fingerprint density at radius 3 is 2.81 bits per heavy atom. The molecule has 0 fully saturated rings. The second kappa shape index (κ2) is 6.61. The number of rotatable bonds is 4. The summed E-state index contributed by atoms with van der Waals surface area (Å²) in [6.45, 7) is 2.72. The van der Waals surface area contributed by atoms with Gasteiger partial charge in [-0.05, 0) is 24.6 Å². The number of hydrogen-bond acceptors (Lipinski definition) is 1. The lowest BCUT2D eigenvalue weighted by Gasteiger charge is -2.08. The van der Waals surface area contributed by atoms with Crippen molar-refractivity contribution in [1.82, 2.24) is 5.32 Å². The minimum absolute atomic E-state index is 0.266. The van der Waals surface area contributed by atoms with Crippen LogP contribution in [0.25, 0.3) is 0 Å². The van der Waals surface area contributed by atoms with E-state index in [0.29, 0.717) is 22.3 Å². The maximum absolute atomic E-state index is 11.4. The van der Waals surface area contributed by atoms with Crippen LogP contribution >= 0.6 is 23.2 Å². The van der Waals surface area contributed by atoms with Crippen LogP contribution in [0, 0.1) is 0 Å². The van der Waals surface area contributed by atoms with E-state index in [9.17, 15) is 4.79 Å². The Morgan fingerprint density at radius 2 is 2.12 bits per heavy atom. The summed E-state index contributed by atoms with van der Waals surface area (Å²) in [5, 5.41) is 6.37. The number of halogens is 2. The molecule has 88 valence electrons. The van der Waals surface area contributed by atoms with Gasteiger partial charge in [0, 0.05) is 11.6 Å². The van der Waals surface area contributed by atoms with Crippen molar-refractivity contribution in [2.45, 2.75) is 19.8 Å². The van der Waals surface area contributed by atoms with E-state index in [-0.39, 0.29) is 6.03 Å². The van der Waals surface area contributed by atoms with Gasteiger partial charge in [0.2, 0.25) is 0 Å². The third-order valence-corrected chi connectivity index (χ3v) is 2.56. The summed E-state index contributed by atoms with van der Waals surface area (Å²) in [5.74, 6) is 0. The van der Waals surface area contributed by atoms with Crippen molar-refractivity contribution >= 4 is 34.9 Å². The van der Waals surface area contributed by atoms with Gasteiger partial charge in [0.05, 0.1) is 10.7 Å².